The summed E-state index contributed by atoms with van der Waals surface area (Å²) in [5, 5.41) is 2.97. The molecule has 3 nitrogen and oxygen atoms in total. The van der Waals surface area contributed by atoms with Crippen LogP contribution in [0.15, 0.2) is 54.6 Å². The summed E-state index contributed by atoms with van der Waals surface area (Å²) in [6, 6.07) is 17.4. The molecule has 0 spiro atoms. The number of rotatable bonds is 4. The van der Waals surface area contributed by atoms with Crippen LogP contribution in [0.2, 0.25) is 0 Å². The highest BCUT2D eigenvalue weighted by Crippen LogP contribution is 2.25. The van der Waals surface area contributed by atoms with Gasteiger partial charge in [-0.2, -0.15) is 0 Å². The van der Waals surface area contributed by atoms with Gasteiger partial charge in [0.2, 0.25) is 5.91 Å². The van der Waals surface area contributed by atoms with Gasteiger partial charge in [0.25, 0.3) is 0 Å². The second kappa shape index (κ2) is 6.10. The molecule has 2 aromatic rings. The summed E-state index contributed by atoms with van der Waals surface area (Å²) in [4.78, 5) is 12.5. The first-order valence-corrected chi connectivity index (χ1v) is 7.14. The molecule has 0 saturated carbocycles. The summed E-state index contributed by atoms with van der Waals surface area (Å²) >= 11 is 0. The first kappa shape index (κ1) is 15.3. The Kier molecular flexibility index (Phi) is 4.43. The fourth-order valence-corrected chi connectivity index (χ4v) is 2.14. The Morgan fingerprint density at radius 3 is 2.14 bits per heavy atom. The molecule has 0 aliphatic carbocycles. The maximum Gasteiger partial charge on any atom is 0.234 e. The maximum atomic E-state index is 12.5. The fourth-order valence-electron chi connectivity index (χ4n) is 2.14. The predicted molar refractivity (Wildman–Crippen MR) is 87.1 cm³/mol. The van der Waals surface area contributed by atoms with Crippen molar-refractivity contribution in [3.8, 4) is 0 Å². The Labute approximate surface area is 126 Å². The van der Waals surface area contributed by atoms with E-state index in [4.69, 9.17) is 5.73 Å². The average molecular weight is 282 g/mol. The summed E-state index contributed by atoms with van der Waals surface area (Å²) in [6.07, 6.45) is 0. The van der Waals surface area contributed by atoms with Crippen molar-refractivity contribution >= 4 is 11.6 Å². The van der Waals surface area contributed by atoms with Gasteiger partial charge in [0.15, 0.2) is 0 Å². The lowest BCUT2D eigenvalue weighted by Gasteiger charge is -2.24. The minimum Gasteiger partial charge on any atom is -0.325 e. The number of hydrogen-bond acceptors (Lipinski definition) is 2. The Morgan fingerprint density at radius 2 is 1.62 bits per heavy atom. The summed E-state index contributed by atoms with van der Waals surface area (Å²) in [6.45, 7) is 5.79. The first-order chi connectivity index (χ1) is 9.91. The lowest BCUT2D eigenvalue weighted by atomic mass is 9.83. The number of amides is 1. The average Bonchev–Trinajstić information content (AvgIpc) is 2.48. The van der Waals surface area contributed by atoms with Gasteiger partial charge in [0.1, 0.15) is 0 Å². The fraction of sp³-hybridized carbons (Fsp3) is 0.278. The topological polar surface area (TPSA) is 55.1 Å². The van der Waals surface area contributed by atoms with Crippen LogP contribution in [-0.2, 0) is 10.2 Å². The van der Waals surface area contributed by atoms with Crippen molar-refractivity contribution in [1.82, 2.24) is 0 Å². The van der Waals surface area contributed by atoms with E-state index in [2.05, 4.69) is 5.32 Å². The number of anilines is 1. The van der Waals surface area contributed by atoms with Crippen LogP contribution in [0.4, 0.5) is 5.69 Å². The zero-order valence-electron chi connectivity index (χ0n) is 12.8. The summed E-state index contributed by atoms with van der Waals surface area (Å²) in [7, 11) is 0. The molecule has 0 aliphatic heterocycles. The molecule has 2 aromatic carbocycles. The van der Waals surface area contributed by atoms with Gasteiger partial charge in [-0.1, -0.05) is 42.5 Å². The van der Waals surface area contributed by atoms with Crippen LogP contribution in [0.5, 0.6) is 0 Å². The normalized spacial score (nSPS) is 12.8. The zero-order chi connectivity index (χ0) is 15.5. The molecule has 0 aliphatic rings. The van der Waals surface area contributed by atoms with Crippen molar-refractivity contribution in [2.75, 3.05) is 5.32 Å². The smallest absolute Gasteiger partial charge is 0.234 e. The van der Waals surface area contributed by atoms with E-state index in [1.54, 1.807) is 0 Å². The van der Waals surface area contributed by atoms with Gasteiger partial charge in [0, 0.05) is 11.7 Å². The number of hydrogen-bond donors (Lipinski definition) is 2. The third-order valence-electron chi connectivity index (χ3n) is 3.76. The summed E-state index contributed by atoms with van der Waals surface area (Å²) in [5.74, 6) is -0.0257. The highest BCUT2D eigenvalue weighted by Gasteiger charge is 2.29. The Morgan fingerprint density at radius 1 is 1.05 bits per heavy atom. The molecule has 0 heterocycles. The minimum absolute atomic E-state index is 0.00416. The van der Waals surface area contributed by atoms with E-state index in [9.17, 15) is 4.79 Å². The van der Waals surface area contributed by atoms with Crippen molar-refractivity contribution in [3.05, 3.63) is 65.7 Å². The Balaban J connectivity index is 2.14. The second-order valence-corrected chi connectivity index (χ2v) is 5.86. The van der Waals surface area contributed by atoms with E-state index in [1.165, 1.54) is 0 Å². The Bertz CT molecular complexity index is 601. The van der Waals surface area contributed by atoms with E-state index in [0.29, 0.717) is 0 Å². The van der Waals surface area contributed by atoms with Crippen LogP contribution < -0.4 is 11.1 Å². The zero-order valence-corrected chi connectivity index (χ0v) is 12.8. The molecule has 110 valence electrons. The molecule has 21 heavy (non-hydrogen) atoms. The molecule has 1 atom stereocenters. The largest absolute Gasteiger partial charge is 0.325 e. The molecule has 0 fully saturated rings. The van der Waals surface area contributed by atoms with Gasteiger partial charge in [-0.05, 0) is 44.0 Å². The second-order valence-electron chi connectivity index (χ2n) is 5.86. The monoisotopic (exact) mass is 282 g/mol. The summed E-state index contributed by atoms with van der Waals surface area (Å²) < 4.78 is 0. The number of benzene rings is 2. The van der Waals surface area contributed by atoms with Crippen LogP contribution in [0.1, 0.15) is 37.9 Å². The van der Waals surface area contributed by atoms with Crippen LogP contribution >= 0.6 is 0 Å². The van der Waals surface area contributed by atoms with Gasteiger partial charge in [0.05, 0.1) is 5.41 Å². The minimum atomic E-state index is -0.582. The van der Waals surface area contributed by atoms with E-state index in [-0.39, 0.29) is 11.9 Å². The van der Waals surface area contributed by atoms with E-state index < -0.39 is 5.41 Å². The molecule has 0 bridgehead atoms. The molecular formula is C18H22N2O. The third kappa shape index (κ3) is 3.50. The van der Waals surface area contributed by atoms with E-state index in [0.717, 1.165) is 16.8 Å². The van der Waals surface area contributed by atoms with Crippen LogP contribution in [0.25, 0.3) is 0 Å². The first-order valence-electron chi connectivity index (χ1n) is 7.14. The van der Waals surface area contributed by atoms with Gasteiger partial charge < -0.3 is 11.1 Å². The highest BCUT2D eigenvalue weighted by molar-refractivity contribution is 5.98. The maximum absolute atomic E-state index is 12.5. The van der Waals surface area contributed by atoms with Crippen molar-refractivity contribution in [2.45, 2.75) is 32.2 Å². The van der Waals surface area contributed by atoms with Crippen molar-refractivity contribution in [1.29, 1.82) is 0 Å². The third-order valence-corrected chi connectivity index (χ3v) is 3.76. The van der Waals surface area contributed by atoms with E-state index in [1.807, 2.05) is 75.4 Å². The quantitative estimate of drug-likeness (QED) is 0.899. The lowest BCUT2D eigenvalue weighted by molar-refractivity contribution is -0.120. The predicted octanol–water partition coefficient (Wildman–Crippen LogP) is 3.62. The molecule has 3 N–H and O–H groups in total. The molecular weight excluding hydrogens is 260 g/mol. The van der Waals surface area contributed by atoms with Gasteiger partial charge >= 0.3 is 0 Å². The molecule has 2 rings (SSSR count). The summed E-state index contributed by atoms with van der Waals surface area (Å²) in [5.41, 5.74) is 8.07. The number of nitrogens with one attached hydrogen (secondary N) is 1. The number of carbonyl (C=O) groups excluding carboxylic acids is 1. The highest BCUT2D eigenvalue weighted by atomic mass is 16.2. The molecule has 0 saturated heterocycles. The van der Waals surface area contributed by atoms with E-state index >= 15 is 0 Å². The SMILES string of the molecule is CC(N)c1ccc(NC(=O)C(C)(C)c2ccccc2)cc1. The van der Waals surface area contributed by atoms with Gasteiger partial charge in [-0.15, -0.1) is 0 Å². The standard InChI is InChI=1S/C18H22N2O/c1-13(19)14-9-11-16(12-10-14)20-17(21)18(2,3)15-7-5-4-6-8-15/h4-13H,19H2,1-3H3,(H,20,21). The molecule has 0 aromatic heterocycles. The van der Waals surface area contributed by atoms with Crippen LogP contribution in [0, 0.1) is 0 Å². The molecule has 1 amide bonds. The lowest BCUT2D eigenvalue weighted by Crippen LogP contribution is -2.34. The van der Waals surface area contributed by atoms with Gasteiger partial charge in [-0.25, -0.2) is 0 Å². The van der Waals surface area contributed by atoms with Crippen LogP contribution in [0.3, 0.4) is 0 Å². The molecule has 1 unspecified atom stereocenters. The van der Waals surface area contributed by atoms with Crippen LogP contribution in [-0.4, -0.2) is 5.91 Å². The van der Waals surface area contributed by atoms with Gasteiger partial charge in [-0.3, -0.25) is 4.79 Å². The van der Waals surface area contributed by atoms with Crippen molar-refractivity contribution < 1.29 is 4.79 Å². The number of carbonyl (C=O) groups is 1. The van der Waals surface area contributed by atoms with Crippen molar-refractivity contribution in [3.63, 3.8) is 0 Å². The Hall–Kier alpha value is -2.13. The molecule has 0 radical (unpaired) electrons. The molecule has 3 heteroatoms. The number of nitrogens with two attached hydrogens (primary N) is 1. The van der Waals surface area contributed by atoms with Crippen molar-refractivity contribution in [2.24, 2.45) is 5.73 Å².